The van der Waals surface area contributed by atoms with E-state index in [0.717, 1.165) is 12.8 Å². The smallest absolute Gasteiger partial charge is 0.230 e. The maximum Gasteiger partial charge on any atom is 0.230 e. The number of imide groups is 1. The Morgan fingerprint density at radius 1 is 1.24 bits per heavy atom. The number of rotatable bonds is 4. The average Bonchev–Trinajstić information content (AvgIpc) is 2.56. The molecule has 2 fully saturated rings. The molecule has 0 spiro atoms. The first-order chi connectivity index (χ1) is 8.13. The van der Waals surface area contributed by atoms with E-state index in [2.05, 4.69) is 0 Å². The van der Waals surface area contributed by atoms with Crippen molar-refractivity contribution in [1.82, 2.24) is 9.80 Å². The van der Waals surface area contributed by atoms with E-state index >= 15 is 0 Å². The standard InChI is InChI=1S/C12H18N2O3/c1-2-3-4-10(15)13-7-9(8-13)14-11(16)5-6-12(14)17/h9H,2-8H2,1H3. The van der Waals surface area contributed by atoms with Crippen LogP contribution in [0.2, 0.25) is 0 Å². The van der Waals surface area contributed by atoms with Crippen LogP contribution < -0.4 is 0 Å². The molecule has 94 valence electrons. The first kappa shape index (κ1) is 12.1. The zero-order valence-corrected chi connectivity index (χ0v) is 10.1. The molecule has 0 saturated carbocycles. The fraction of sp³-hybridized carbons (Fsp3) is 0.750. The summed E-state index contributed by atoms with van der Waals surface area (Å²) in [6, 6.07) is -0.0666. The lowest BCUT2D eigenvalue weighted by Gasteiger charge is -2.43. The van der Waals surface area contributed by atoms with Gasteiger partial charge in [-0.15, -0.1) is 0 Å². The highest BCUT2D eigenvalue weighted by Crippen LogP contribution is 2.22. The average molecular weight is 238 g/mol. The van der Waals surface area contributed by atoms with Gasteiger partial charge < -0.3 is 4.90 Å². The van der Waals surface area contributed by atoms with Crippen LogP contribution in [0.25, 0.3) is 0 Å². The van der Waals surface area contributed by atoms with Crippen molar-refractivity contribution in [3.63, 3.8) is 0 Å². The molecule has 2 rings (SSSR count). The lowest BCUT2D eigenvalue weighted by molar-refractivity contribution is -0.151. The molecule has 0 radical (unpaired) electrons. The van der Waals surface area contributed by atoms with Gasteiger partial charge in [-0.25, -0.2) is 0 Å². The first-order valence-electron chi connectivity index (χ1n) is 6.26. The lowest BCUT2D eigenvalue weighted by Crippen LogP contribution is -2.62. The van der Waals surface area contributed by atoms with Crippen LogP contribution in [0.3, 0.4) is 0 Å². The Balaban J connectivity index is 1.80. The van der Waals surface area contributed by atoms with Crippen LogP contribution in [0.5, 0.6) is 0 Å². The molecule has 0 N–H and O–H groups in total. The molecular formula is C12H18N2O3. The Labute approximate surface area is 101 Å². The highest BCUT2D eigenvalue weighted by molar-refractivity contribution is 6.02. The van der Waals surface area contributed by atoms with E-state index in [1.165, 1.54) is 4.90 Å². The Bertz CT molecular complexity index is 332. The highest BCUT2D eigenvalue weighted by Gasteiger charge is 2.42. The van der Waals surface area contributed by atoms with E-state index in [9.17, 15) is 14.4 Å². The highest BCUT2D eigenvalue weighted by atomic mass is 16.2. The second-order valence-corrected chi connectivity index (χ2v) is 4.71. The van der Waals surface area contributed by atoms with E-state index in [1.807, 2.05) is 6.92 Å². The molecule has 5 nitrogen and oxygen atoms in total. The van der Waals surface area contributed by atoms with Crippen LogP contribution in [-0.4, -0.2) is 46.7 Å². The second-order valence-electron chi connectivity index (χ2n) is 4.71. The predicted molar refractivity (Wildman–Crippen MR) is 61.0 cm³/mol. The molecule has 2 aliphatic heterocycles. The molecule has 2 aliphatic rings. The Morgan fingerprint density at radius 2 is 1.82 bits per heavy atom. The largest absolute Gasteiger partial charge is 0.338 e. The molecule has 0 bridgehead atoms. The van der Waals surface area contributed by atoms with Crippen molar-refractivity contribution in [2.24, 2.45) is 0 Å². The van der Waals surface area contributed by atoms with E-state index in [-0.39, 0.29) is 23.8 Å². The first-order valence-corrected chi connectivity index (χ1v) is 6.26. The van der Waals surface area contributed by atoms with Gasteiger partial charge in [0, 0.05) is 32.4 Å². The minimum absolute atomic E-state index is 0.0666. The molecule has 17 heavy (non-hydrogen) atoms. The van der Waals surface area contributed by atoms with Crippen molar-refractivity contribution in [3.05, 3.63) is 0 Å². The number of unbranched alkanes of at least 4 members (excludes halogenated alkanes) is 1. The second kappa shape index (κ2) is 4.85. The summed E-state index contributed by atoms with van der Waals surface area (Å²) < 4.78 is 0. The number of amides is 3. The summed E-state index contributed by atoms with van der Waals surface area (Å²) in [5.74, 6) is -0.0245. The Morgan fingerprint density at radius 3 is 2.35 bits per heavy atom. The van der Waals surface area contributed by atoms with Crippen molar-refractivity contribution in [3.8, 4) is 0 Å². The third kappa shape index (κ3) is 2.33. The quantitative estimate of drug-likeness (QED) is 0.671. The number of carbonyl (C=O) groups excluding carboxylic acids is 3. The van der Waals surface area contributed by atoms with E-state index in [4.69, 9.17) is 0 Å². The fourth-order valence-corrected chi connectivity index (χ4v) is 2.31. The Kier molecular flexibility index (Phi) is 3.45. The summed E-state index contributed by atoms with van der Waals surface area (Å²) in [6.45, 7) is 3.10. The minimum atomic E-state index is -0.0827. The van der Waals surface area contributed by atoms with Crippen LogP contribution in [-0.2, 0) is 14.4 Å². The summed E-state index contributed by atoms with van der Waals surface area (Å²) >= 11 is 0. The van der Waals surface area contributed by atoms with Crippen molar-refractivity contribution >= 4 is 17.7 Å². The summed E-state index contributed by atoms with van der Waals surface area (Å²) in [6.07, 6.45) is 3.15. The molecule has 0 atom stereocenters. The molecule has 5 heteroatoms. The predicted octanol–water partition coefficient (Wildman–Crippen LogP) is 0.536. The minimum Gasteiger partial charge on any atom is -0.338 e. The van der Waals surface area contributed by atoms with Gasteiger partial charge in [-0.1, -0.05) is 13.3 Å². The number of hydrogen-bond donors (Lipinski definition) is 0. The monoisotopic (exact) mass is 238 g/mol. The van der Waals surface area contributed by atoms with Gasteiger partial charge in [0.15, 0.2) is 0 Å². The van der Waals surface area contributed by atoms with Crippen LogP contribution >= 0.6 is 0 Å². The number of carbonyl (C=O) groups is 3. The van der Waals surface area contributed by atoms with E-state index in [0.29, 0.717) is 32.4 Å². The third-order valence-corrected chi connectivity index (χ3v) is 3.41. The third-order valence-electron chi connectivity index (χ3n) is 3.41. The summed E-state index contributed by atoms with van der Waals surface area (Å²) in [5.41, 5.74) is 0. The zero-order chi connectivity index (χ0) is 12.4. The summed E-state index contributed by atoms with van der Waals surface area (Å²) in [4.78, 5) is 37.7. The van der Waals surface area contributed by atoms with Gasteiger partial charge in [-0.05, 0) is 6.42 Å². The summed E-state index contributed by atoms with van der Waals surface area (Å²) in [5, 5.41) is 0. The zero-order valence-electron chi connectivity index (χ0n) is 10.1. The number of likely N-dealkylation sites (tertiary alicyclic amines) is 2. The van der Waals surface area contributed by atoms with Crippen LogP contribution in [0.15, 0.2) is 0 Å². The maximum absolute atomic E-state index is 11.6. The van der Waals surface area contributed by atoms with Gasteiger partial charge in [-0.2, -0.15) is 0 Å². The molecule has 0 aliphatic carbocycles. The normalized spacial score (nSPS) is 21.0. The summed E-state index contributed by atoms with van der Waals surface area (Å²) in [7, 11) is 0. The molecule has 0 unspecified atom stereocenters. The number of nitrogens with zero attached hydrogens (tertiary/aromatic N) is 2. The van der Waals surface area contributed by atoms with Crippen molar-refractivity contribution in [2.75, 3.05) is 13.1 Å². The van der Waals surface area contributed by atoms with Gasteiger partial charge >= 0.3 is 0 Å². The molecule has 0 aromatic heterocycles. The molecule has 3 amide bonds. The Hall–Kier alpha value is -1.39. The van der Waals surface area contributed by atoms with Gasteiger partial charge in [0.05, 0.1) is 6.04 Å². The van der Waals surface area contributed by atoms with Crippen molar-refractivity contribution in [1.29, 1.82) is 0 Å². The maximum atomic E-state index is 11.6. The van der Waals surface area contributed by atoms with Gasteiger partial charge in [-0.3, -0.25) is 19.3 Å². The lowest BCUT2D eigenvalue weighted by atomic mass is 10.1. The van der Waals surface area contributed by atoms with Crippen LogP contribution in [0, 0.1) is 0 Å². The number of hydrogen-bond acceptors (Lipinski definition) is 3. The molecule has 2 heterocycles. The SMILES string of the molecule is CCCCC(=O)N1CC(N2C(=O)CCC2=O)C1. The van der Waals surface area contributed by atoms with Gasteiger partial charge in [0.25, 0.3) is 0 Å². The molecule has 0 aromatic carbocycles. The van der Waals surface area contributed by atoms with Crippen LogP contribution in [0.4, 0.5) is 0 Å². The molecule has 0 aromatic rings. The van der Waals surface area contributed by atoms with Crippen LogP contribution in [0.1, 0.15) is 39.0 Å². The molecular weight excluding hydrogens is 220 g/mol. The van der Waals surface area contributed by atoms with Gasteiger partial charge in [0.1, 0.15) is 0 Å². The van der Waals surface area contributed by atoms with E-state index in [1.54, 1.807) is 4.90 Å². The van der Waals surface area contributed by atoms with Gasteiger partial charge in [0.2, 0.25) is 17.7 Å². The topological polar surface area (TPSA) is 57.7 Å². The van der Waals surface area contributed by atoms with Crippen molar-refractivity contribution < 1.29 is 14.4 Å². The van der Waals surface area contributed by atoms with E-state index < -0.39 is 0 Å². The van der Waals surface area contributed by atoms with Crippen molar-refractivity contribution in [2.45, 2.75) is 45.1 Å². The fourth-order valence-electron chi connectivity index (χ4n) is 2.31. The molecule has 2 saturated heterocycles.